The molecule has 0 unspecified atom stereocenters. The van der Waals surface area contributed by atoms with Gasteiger partial charge in [0.1, 0.15) is 11.4 Å². The van der Waals surface area contributed by atoms with Crippen LogP contribution < -0.4 is 16.4 Å². The largest absolute Gasteiger partial charge is 0.477 e. The molecule has 0 bridgehead atoms. The van der Waals surface area contributed by atoms with Gasteiger partial charge in [-0.3, -0.25) is 19.9 Å². The molecule has 0 fully saturated rings. The number of fused-ring (bicyclic) bond motifs is 1. The highest BCUT2D eigenvalue weighted by Gasteiger charge is 2.19. The van der Waals surface area contributed by atoms with Crippen LogP contribution in [0.1, 0.15) is 43.3 Å². The van der Waals surface area contributed by atoms with E-state index in [2.05, 4.69) is 25.6 Å². The number of amides is 2. The van der Waals surface area contributed by atoms with Crippen LogP contribution in [0.3, 0.4) is 0 Å². The first-order valence-corrected chi connectivity index (χ1v) is 10.9. The Labute approximate surface area is 191 Å². The van der Waals surface area contributed by atoms with Crippen LogP contribution in [-0.2, 0) is 6.42 Å². The zero-order valence-corrected chi connectivity index (χ0v) is 18.1. The van der Waals surface area contributed by atoms with Gasteiger partial charge in [-0.25, -0.2) is 9.78 Å². The summed E-state index contributed by atoms with van der Waals surface area (Å²) < 4.78 is 0. The topological polar surface area (TPSA) is 163 Å². The molecular weight excluding hydrogens is 444 g/mol. The number of carboxylic acids is 1. The number of hydrogen-bond acceptors (Lipinski definition) is 7. The number of carbonyl (C=O) groups excluding carboxylic acids is 2. The van der Waals surface area contributed by atoms with Gasteiger partial charge in [0.05, 0.1) is 0 Å². The van der Waals surface area contributed by atoms with Crippen LogP contribution in [0.25, 0.3) is 10.9 Å². The number of nitrogens with one attached hydrogen (secondary N) is 3. The summed E-state index contributed by atoms with van der Waals surface area (Å²) in [7, 11) is 0. The number of hydrogen-bond donors (Lipinski definition) is 5. The van der Waals surface area contributed by atoms with Gasteiger partial charge in [0.2, 0.25) is 0 Å². The Morgan fingerprint density at radius 3 is 2.61 bits per heavy atom. The van der Waals surface area contributed by atoms with E-state index in [9.17, 15) is 19.5 Å². The lowest BCUT2D eigenvalue weighted by Gasteiger charge is -2.04. The number of aryl methyl sites for hydroxylation is 1. The number of benzene rings is 1. The summed E-state index contributed by atoms with van der Waals surface area (Å²) in [6.45, 7) is 0.424. The Bertz CT molecular complexity index is 1330. The first-order chi connectivity index (χ1) is 16.0. The summed E-state index contributed by atoms with van der Waals surface area (Å²) in [4.78, 5) is 47.7. The molecule has 10 nitrogen and oxygen atoms in total. The molecule has 4 aromatic rings. The predicted octanol–water partition coefficient (Wildman–Crippen LogP) is 3.11. The molecule has 6 N–H and O–H groups in total. The molecule has 1 aromatic carbocycles. The minimum atomic E-state index is -1.07. The van der Waals surface area contributed by atoms with Gasteiger partial charge in [-0.05, 0) is 55.3 Å². The van der Waals surface area contributed by atoms with E-state index in [0.717, 1.165) is 11.3 Å². The Morgan fingerprint density at radius 1 is 1.09 bits per heavy atom. The number of nitrogens with zero attached hydrogens (tertiary/aromatic N) is 2. The fraction of sp³-hybridized carbons (Fsp3) is 0.136. The monoisotopic (exact) mass is 464 g/mol. The van der Waals surface area contributed by atoms with Crippen molar-refractivity contribution in [3.8, 4) is 0 Å². The molecule has 0 saturated heterocycles. The van der Waals surface area contributed by atoms with Gasteiger partial charge >= 0.3 is 5.97 Å². The molecule has 2 amide bonds. The number of carbonyl (C=O) groups is 3. The van der Waals surface area contributed by atoms with Gasteiger partial charge in [0, 0.05) is 39.9 Å². The zero-order chi connectivity index (χ0) is 23.4. The van der Waals surface area contributed by atoms with E-state index >= 15 is 0 Å². The number of aromatic carboxylic acids is 1. The molecule has 33 heavy (non-hydrogen) atoms. The van der Waals surface area contributed by atoms with E-state index in [4.69, 9.17) is 5.73 Å². The van der Waals surface area contributed by atoms with Gasteiger partial charge in [-0.15, -0.1) is 11.3 Å². The first-order valence-electron chi connectivity index (χ1n) is 10.0. The third kappa shape index (κ3) is 4.89. The van der Waals surface area contributed by atoms with Gasteiger partial charge in [0.25, 0.3) is 11.8 Å². The number of pyridine rings is 1. The number of carboxylic acid groups (broad SMARTS) is 1. The van der Waals surface area contributed by atoms with Crippen molar-refractivity contribution in [3.63, 3.8) is 0 Å². The van der Waals surface area contributed by atoms with Crippen molar-refractivity contribution in [1.82, 2.24) is 15.0 Å². The number of anilines is 2. The van der Waals surface area contributed by atoms with Crippen molar-refractivity contribution in [2.24, 2.45) is 5.73 Å². The number of thiazole rings is 1. The third-order valence-corrected chi connectivity index (χ3v) is 5.67. The van der Waals surface area contributed by atoms with Crippen molar-refractivity contribution >= 4 is 50.8 Å². The van der Waals surface area contributed by atoms with E-state index in [1.165, 1.54) is 0 Å². The number of rotatable bonds is 8. The van der Waals surface area contributed by atoms with Crippen molar-refractivity contribution in [1.29, 1.82) is 0 Å². The Balaban J connectivity index is 1.52. The fourth-order valence-electron chi connectivity index (χ4n) is 3.35. The number of aromatic nitrogens is 3. The standard InChI is InChI=1S/C22H20N6O4S/c23-7-1-2-14-15-10-12(3-4-16(15)26-18(14)21(31)32)19(29)28-22-27-17(11-33-22)20(30)25-13-5-8-24-9-6-13/h3-6,8-11,26H,1-2,7,23H2,(H,31,32)(H,24,25,30)(H,27,28,29). The van der Waals surface area contributed by atoms with E-state index in [0.29, 0.717) is 47.1 Å². The summed E-state index contributed by atoms with van der Waals surface area (Å²) in [6.07, 6.45) is 4.22. The molecule has 11 heteroatoms. The second-order valence-corrected chi connectivity index (χ2v) is 7.98. The molecule has 3 aromatic heterocycles. The van der Waals surface area contributed by atoms with Crippen LogP contribution in [0.15, 0.2) is 48.1 Å². The van der Waals surface area contributed by atoms with Crippen LogP contribution in [0.4, 0.5) is 10.8 Å². The molecule has 0 aliphatic carbocycles. The van der Waals surface area contributed by atoms with Crippen molar-refractivity contribution in [3.05, 3.63) is 70.6 Å². The van der Waals surface area contributed by atoms with E-state index in [1.807, 2.05) is 0 Å². The quantitative estimate of drug-likeness (QED) is 0.267. The van der Waals surface area contributed by atoms with Crippen molar-refractivity contribution < 1.29 is 19.5 Å². The molecule has 3 heterocycles. The summed E-state index contributed by atoms with van der Waals surface area (Å²) in [5, 5.41) is 17.4. The second-order valence-electron chi connectivity index (χ2n) is 7.12. The number of H-pyrrole nitrogens is 1. The lowest BCUT2D eigenvalue weighted by atomic mass is 10.0. The zero-order valence-electron chi connectivity index (χ0n) is 17.3. The average Bonchev–Trinajstić information content (AvgIpc) is 3.42. The normalized spacial score (nSPS) is 10.8. The van der Waals surface area contributed by atoms with Gasteiger partial charge in [-0.1, -0.05) is 0 Å². The highest BCUT2D eigenvalue weighted by molar-refractivity contribution is 7.14. The highest BCUT2D eigenvalue weighted by atomic mass is 32.1. The van der Waals surface area contributed by atoms with E-state index < -0.39 is 17.8 Å². The van der Waals surface area contributed by atoms with Crippen LogP contribution in [0.5, 0.6) is 0 Å². The molecule has 0 atom stereocenters. The molecule has 0 radical (unpaired) electrons. The first kappa shape index (κ1) is 22.1. The predicted molar refractivity (Wildman–Crippen MR) is 125 cm³/mol. The molecular formula is C22H20N6O4S. The van der Waals surface area contributed by atoms with Gasteiger partial charge in [-0.2, -0.15) is 0 Å². The fourth-order valence-corrected chi connectivity index (χ4v) is 4.03. The van der Waals surface area contributed by atoms with Crippen molar-refractivity contribution in [2.45, 2.75) is 12.8 Å². The van der Waals surface area contributed by atoms with E-state index in [-0.39, 0.29) is 16.5 Å². The van der Waals surface area contributed by atoms with Gasteiger partial charge < -0.3 is 21.1 Å². The Hall–Kier alpha value is -4.09. The number of aromatic amines is 1. The maximum absolute atomic E-state index is 12.8. The van der Waals surface area contributed by atoms with Crippen LogP contribution in [0, 0.1) is 0 Å². The third-order valence-electron chi connectivity index (χ3n) is 4.91. The Morgan fingerprint density at radius 2 is 1.88 bits per heavy atom. The van der Waals surface area contributed by atoms with Crippen LogP contribution in [-0.4, -0.2) is 44.4 Å². The van der Waals surface area contributed by atoms with Crippen LogP contribution >= 0.6 is 11.3 Å². The molecule has 0 aliphatic rings. The lowest BCUT2D eigenvalue weighted by Crippen LogP contribution is -2.14. The smallest absolute Gasteiger partial charge is 0.352 e. The minimum absolute atomic E-state index is 0.0979. The maximum Gasteiger partial charge on any atom is 0.352 e. The molecule has 0 spiro atoms. The number of nitrogens with two attached hydrogens (primary N) is 1. The van der Waals surface area contributed by atoms with Gasteiger partial charge in [0.15, 0.2) is 5.13 Å². The summed E-state index contributed by atoms with van der Waals surface area (Å²) in [6, 6.07) is 8.21. The summed E-state index contributed by atoms with van der Waals surface area (Å²) in [5.74, 6) is -1.89. The summed E-state index contributed by atoms with van der Waals surface area (Å²) in [5.41, 5.74) is 8.01. The second kappa shape index (κ2) is 9.59. The molecule has 4 rings (SSSR count). The van der Waals surface area contributed by atoms with Crippen molar-refractivity contribution in [2.75, 3.05) is 17.2 Å². The maximum atomic E-state index is 12.8. The molecule has 0 saturated carbocycles. The van der Waals surface area contributed by atoms with Crippen LogP contribution in [0.2, 0.25) is 0 Å². The molecule has 0 aliphatic heterocycles. The SMILES string of the molecule is NCCCc1c(C(=O)O)[nH]c2ccc(C(=O)Nc3nc(C(=O)Nc4ccncc4)cs3)cc12. The minimum Gasteiger partial charge on any atom is -0.477 e. The summed E-state index contributed by atoms with van der Waals surface area (Å²) >= 11 is 1.12. The Kier molecular flexibility index (Phi) is 6.43. The average molecular weight is 465 g/mol. The molecule has 168 valence electrons. The van der Waals surface area contributed by atoms with E-state index in [1.54, 1.807) is 48.1 Å². The lowest BCUT2D eigenvalue weighted by molar-refractivity contribution is 0.0690. The highest BCUT2D eigenvalue weighted by Crippen LogP contribution is 2.26.